The molecule has 6 N–H and O–H groups in total. The monoisotopic (exact) mass is 382 g/mol. The van der Waals surface area contributed by atoms with Crippen molar-refractivity contribution >= 4 is 33.7 Å². The number of benzene rings is 2. The van der Waals surface area contributed by atoms with E-state index in [-0.39, 0.29) is 24.3 Å². The molecule has 28 heavy (non-hydrogen) atoms. The quantitative estimate of drug-likeness (QED) is 0.320. The fourth-order valence-electron chi connectivity index (χ4n) is 2.95. The third-order valence-electron chi connectivity index (χ3n) is 4.19. The second-order valence-corrected chi connectivity index (χ2v) is 6.23. The second kappa shape index (κ2) is 7.75. The van der Waals surface area contributed by atoms with Gasteiger partial charge in [-0.1, -0.05) is 0 Å². The molecule has 0 atom stereocenters. The Morgan fingerprint density at radius 3 is 1.46 bits per heavy atom. The molecule has 0 bridgehead atoms. The zero-order valence-corrected chi connectivity index (χ0v) is 14.6. The van der Waals surface area contributed by atoms with E-state index in [4.69, 9.17) is 10.2 Å². The summed E-state index contributed by atoms with van der Waals surface area (Å²) in [6, 6.07) is 9.67. The highest BCUT2D eigenvalue weighted by Gasteiger charge is 2.08. The van der Waals surface area contributed by atoms with Gasteiger partial charge in [-0.15, -0.1) is 0 Å². The third-order valence-corrected chi connectivity index (χ3v) is 4.19. The molecule has 8 nitrogen and oxygen atoms in total. The van der Waals surface area contributed by atoms with E-state index >= 15 is 0 Å². The van der Waals surface area contributed by atoms with Crippen LogP contribution in [0.5, 0.6) is 11.5 Å². The van der Waals surface area contributed by atoms with Crippen molar-refractivity contribution in [1.29, 1.82) is 0 Å². The molecule has 0 spiro atoms. The van der Waals surface area contributed by atoms with Gasteiger partial charge in [-0.25, -0.2) is 0 Å². The first-order chi connectivity index (χ1) is 13.3. The van der Waals surface area contributed by atoms with Crippen LogP contribution >= 0.6 is 0 Å². The maximum absolute atomic E-state index is 10.5. The molecular formula is C20H18N2O6. The van der Waals surface area contributed by atoms with E-state index in [1.54, 1.807) is 48.8 Å². The van der Waals surface area contributed by atoms with Crippen molar-refractivity contribution in [3.8, 4) is 11.5 Å². The number of H-pyrrole nitrogens is 2. The maximum Gasteiger partial charge on any atom is 0.307 e. The van der Waals surface area contributed by atoms with Gasteiger partial charge in [0.1, 0.15) is 11.5 Å². The van der Waals surface area contributed by atoms with Crippen LogP contribution < -0.4 is 0 Å². The topological polar surface area (TPSA) is 147 Å². The maximum atomic E-state index is 10.5. The molecule has 0 aliphatic heterocycles. The highest BCUT2D eigenvalue weighted by Crippen LogP contribution is 2.24. The Morgan fingerprint density at radius 2 is 1.11 bits per heavy atom. The predicted octanol–water partition coefficient (Wildman–Crippen LogP) is 3.00. The molecule has 2 heterocycles. The van der Waals surface area contributed by atoms with Crippen LogP contribution in [0.15, 0.2) is 48.8 Å². The van der Waals surface area contributed by atoms with Crippen LogP contribution in [0.2, 0.25) is 0 Å². The van der Waals surface area contributed by atoms with Crippen LogP contribution in [-0.2, 0) is 22.4 Å². The number of carboxylic acids is 2. The number of hydrogen-bond acceptors (Lipinski definition) is 4. The van der Waals surface area contributed by atoms with Gasteiger partial charge in [-0.3, -0.25) is 9.59 Å². The lowest BCUT2D eigenvalue weighted by Gasteiger charge is -1.95. The van der Waals surface area contributed by atoms with Gasteiger partial charge in [0.15, 0.2) is 0 Å². The van der Waals surface area contributed by atoms with Crippen molar-refractivity contribution in [3.05, 3.63) is 59.9 Å². The summed E-state index contributed by atoms with van der Waals surface area (Å²) in [5, 5.41) is 37.3. The van der Waals surface area contributed by atoms with E-state index < -0.39 is 11.9 Å². The first-order valence-electron chi connectivity index (χ1n) is 8.35. The van der Waals surface area contributed by atoms with Gasteiger partial charge < -0.3 is 30.4 Å². The molecule has 2 aromatic heterocycles. The predicted molar refractivity (Wildman–Crippen MR) is 103 cm³/mol. The van der Waals surface area contributed by atoms with Crippen LogP contribution in [0.3, 0.4) is 0 Å². The first kappa shape index (κ1) is 18.8. The second-order valence-electron chi connectivity index (χ2n) is 6.23. The zero-order chi connectivity index (χ0) is 20.3. The van der Waals surface area contributed by atoms with Crippen molar-refractivity contribution in [2.24, 2.45) is 0 Å². The fraction of sp³-hybridized carbons (Fsp3) is 0.100. The summed E-state index contributed by atoms with van der Waals surface area (Å²) >= 11 is 0. The molecule has 144 valence electrons. The molecule has 0 unspecified atom stereocenters. The average Bonchev–Trinajstić information content (AvgIpc) is 3.19. The Bertz CT molecular complexity index is 1070. The number of aromatic nitrogens is 2. The van der Waals surface area contributed by atoms with E-state index in [2.05, 4.69) is 9.97 Å². The minimum absolute atomic E-state index is 0.0382. The number of nitrogens with one attached hydrogen (secondary N) is 2. The number of fused-ring (bicyclic) bond motifs is 2. The molecule has 0 fully saturated rings. The average molecular weight is 382 g/mol. The number of hydrogen-bond donors (Lipinski definition) is 6. The standard InChI is InChI=1S/2C10H9NO3/c2*12-7-1-2-9-8(4-7)6(5-11-9)3-10(13)14/h2*1-2,4-5,11-12H,3H2,(H,13,14). The Kier molecular flexibility index (Phi) is 5.21. The Labute approximate surface area is 158 Å². The molecule has 2 aromatic carbocycles. The summed E-state index contributed by atoms with van der Waals surface area (Å²) in [4.78, 5) is 26.9. The Balaban J connectivity index is 0.000000161. The van der Waals surface area contributed by atoms with Crippen molar-refractivity contribution in [2.45, 2.75) is 12.8 Å². The van der Waals surface area contributed by atoms with Gasteiger partial charge in [0.2, 0.25) is 0 Å². The van der Waals surface area contributed by atoms with Gasteiger partial charge >= 0.3 is 11.9 Å². The van der Waals surface area contributed by atoms with E-state index in [0.717, 1.165) is 21.8 Å². The highest BCUT2D eigenvalue weighted by atomic mass is 16.4. The number of carboxylic acid groups (broad SMARTS) is 2. The summed E-state index contributed by atoms with van der Waals surface area (Å²) in [6.07, 6.45) is 3.23. The molecule has 0 saturated heterocycles. The zero-order valence-electron chi connectivity index (χ0n) is 14.6. The molecule has 0 aliphatic rings. The summed E-state index contributed by atoms with van der Waals surface area (Å²) < 4.78 is 0. The van der Waals surface area contributed by atoms with Gasteiger partial charge in [0, 0.05) is 34.2 Å². The fourth-order valence-corrected chi connectivity index (χ4v) is 2.95. The number of phenols is 2. The van der Waals surface area contributed by atoms with Crippen molar-refractivity contribution in [2.75, 3.05) is 0 Å². The van der Waals surface area contributed by atoms with Gasteiger partial charge in [0.25, 0.3) is 0 Å². The lowest BCUT2D eigenvalue weighted by molar-refractivity contribution is -0.137. The van der Waals surface area contributed by atoms with E-state index in [1.807, 2.05) is 0 Å². The van der Waals surface area contributed by atoms with Gasteiger partial charge in [0.05, 0.1) is 12.8 Å². The Hall–Kier alpha value is -3.94. The molecule has 0 aliphatic carbocycles. The molecule has 8 heteroatoms. The van der Waals surface area contributed by atoms with Crippen molar-refractivity contribution in [1.82, 2.24) is 9.97 Å². The van der Waals surface area contributed by atoms with Crippen LogP contribution in [-0.4, -0.2) is 42.3 Å². The van der Waals surface area contributed by atoms with Crippen LogP contribution in [0.25, 0.3) is 21.8 Å². The minimum Gasteiger partial charge on any atom is -0.508 e. The summed E-state index contributed by atoms with van der Waals surface area (Å²) in [5.41, 5.74) is 3.03. The number of phenolic OH excluding ortho intramolecular Hbond substituents is 2. The largest absolute Gasteiger partial charge is 0.508 e. The lowest BCUT2D eigenvalue weighted by Crippen LogP contribution is -1.98. The third kappa shape index (κ3) is 4.24. The van der Waals surface area contributed by atoms with Crippen LogP contribution in [0, 0.1) is 0 Å². The summed E-state index contributed by atoms with van der Waals surface area (Å²) in [7, 11) is 0. The SMILES string of the molecule is O=C(O)Cc1c[nH]c2ccc(O)cc12.O=C(O)Cc1c[nH]c2ccc(O)cc12. The normalized spacial score (nSPS) is 10.6. The van der Waals surface area contributed by atoms with Gasteiger partial charge in [-0.05, 0) is 47.5 Å². The minimum atomic E-state index is -0.880. The number of aliphatic carboxylic acids is 2. The van der Waals surface area contributed by atoms with E-state index in [0.29, 0.717) is 11.1 Å². The summed E-state index contributed by atoms with van der Waals surface area (Å²) in [6.45, 7) is 0. The number of carbonyl (C=O) groups is 2. The summed E-state index contributed by atoms with van der Waals surface area (Å²) in [5.74, 6) is -1.48. The molecule has 0 amide bonds. The number of aromatic hydroxyl groups is 2. The van der Waals surface area contributed by atoms with Gasteiger partial charge in [-0.2, -0.15) is 0 Å². The lowest BCUT2D eigenvalue weighted by atomic mass is 10.1. The van der Waals surface area contributed by atoms with Crippen molar-refractivity contribution in [3.63, 3.8) is 0 Å². The van der Waals surface area contributed by atoms with E-state index in [9.17, 15) is 19.8 Å². The Morgan fingerprint density at radius 1 is 0.714 bits per heavy atom. The molecule has 0 radical (unpaired) electrons. The molecule has 0 saturated carbocycles. The van der Waals surface area contributed by atoms with Crippen molar-refractivity contribution < 1.29 is 30.0 Å². The molecular weight excluding hydrogens is 364 g/mol. The molecule has 4 aromatic rings. The molecule has 4 rings (SSSR count). The first-order valence-corrected chi connectivity index (χ1v) is 8.35. The van der Waals surface area contributed by atoms with Crippen LogP contribution in [0.4, 0.5) is 0 Å². The smallest absolute Gasteiger partial charge is 0.307 e. The highest BCUT2D eigenvalue weighted by molar-refractivity contribution is 5.88. The van der Waals surface area contributed by atoms with Crippen LogP contribution in [0.1, 0.15) is 11.1 Å². The number of aromatic amines is 2. The number of rotatable bonds is 4. The van der Waals surface area contributed by atoms with E-state index in [1.165, 1.54) is 0 Å².